The second kappa shape index (κ2) is 5.52. The van der Waals surface area contributed by atoms with E-state index in [0.717, 1.165) is 25.7 Å². The van der Waals surface area contributed by atoms with Crippen molar-refractivity contribution in [1.29, 1.82) is 0 Å². The second-order valence-corrected chi connectivity index (χ2v) is 5.75. The minimum absolute atomic E-state index is 0.00331. The van der Waals surface area contributed by atoms with E-state index >= 15 is 0 Å². The Bertz CT molecular complexity index is 289. The number of rotatable bonds is 4. The van der Waals surface area contributed by atoms with Crippen LogP contribution >= 0.6 is 0 Å². The van der Waals surface area contributed by atoms with E-state index < -0.39 is 12.0 Å². The fraction of sp³-hybridized carbons (Fsp3) is 0.846. The van der Waals surface area contributed by atoms with Crippen LogP contribution in [0.2, 0.25) is 0 Å². The minimum atomic E-state index is -0.947. The van der Waals surface area contributed by atoms with E-state index in [-0.39, 0.29) is 11.8 Å². The molecule has 1 fully saturated rings. The summed E-state index contributed by atoms with van der Waals surface area (Å²) in [5.74, 6) is -1.04. The third-order valence-corrected chi connectivity index (χ3v) is 3.73. The summed E-state index contributed by atoms with van der Waals surface area (Å²) in [6, 6.07) is -0.738. The van der Waals surface area contributed by atoms with E-state index in [1.54, 1.807) is 6.92 Å². The van der Waals surface area contributed by atoms with Crippen molar-refractivity contribution in [3.05, 3.63) is 0 Å². The molecule has 1 amide bonds. The highest BCUT2D eigenvalue weighted by Gasteiger charge is 2.31. The Kier molecular flexibility index (Phi) is 4.54. The molecule has 0 aliphatic heterocycles. The highest BCUT2D eigenvalue weighted by Crippen LogP contribution is 2.37. The van der Waals surface area contributed by atoms with Crippen molar-refractivity contribution >= 4 is 11.9 Å². The number of carboxylic acids is 1. The quantitative estimate of drug-likeness (QED) is 0.792. The van der Waals surface area contributed by atoms with Crippen LogP contribution in [0, 0.1) is 11.3 Å². The molecule has 0 radical (unpaired) electrons. The monoisotopic (exact) mass is 241 g/mol. The molecule has 4 nitrogen and oxygen atoms in total. The summed E-state index contributed by atoms with van der Waals surface area (Å²) in [5.41, 5.74) is 0.327. The van der Waals surface area contributed by atoms with Gasteiger partial charge in [0, 0.05) is 5.92 Å². The molecule has 98 valence electrons. The molecule has 1 aliphatic rings. The van der Waals surface area contributed by atoms with Gasteiger partial charge < -0.3 is 10.4 Å². The van der Waals surface area contributed by atoms with Crippen molar-refractivity contribution in [1.82, 2.24) is 5.32 Å². The molecule has 1 aliphatic carbocycles. The van der Waals surface area contributed by atoms with Gasteiger partial charge in [-0.25, -0.2) is 4.79 Å². The van der Waals surface area contributed by atoms with E-state index in [1.165, 1.54) is 0 Å². The van der Waals surface area contributed by atoms with Crippen LogP contribution in [0.5, 0.6) is 0 Å². The van der Waals surface area contributed by atoms with Crippen LogP contribution in [-0.2, 0) is 9.59 Å². The summed E-state index contributed by atoms with van der Waals surface area (Å²) in [5, 5.41) is 11.5. The van der Waals surface area contributed by atoms with Gasteiger partial charge in [-0.1, -0.05) is 20.8 Å². The van der Waals surface area contributed by atoms with Gasteiger partial charge in [0.15, 0.2) is 0 Å². The molecule has 0 aromatic heterocycles. The molecular weight excluding hydrogens is 218 g/mol. The Morgan fingerprint density at radius 1 is 1.35 bits per heavy atom. The maximum atomic E-state index is 11.9. The first-order chi connectivity index (χ1) is 7.85. The van der Waals surface area contributed by atoms with Crippen molar-refractivity contribution in [2.24, 2.45) is 11.3 Å². The standard InChI is InChI=1S/C13H23NO3/c1-4-10(12(16)17)14-11(15)9-5-7-13(2,3)8-6-9/h9-10H,4-8H2,1-3H3,(H,14,15)(H,16,17). The van der Waals surface area contributed by atoms with Crippen molar-refractivity contribution in [2.45, 2.75) is 58.9 Å². The molecule has 0 heterocycles. The number of carbonyl (C=O) groups excluding carboxylic acids is 1. The summed E-state index contributed by atoms with van der Waals surface area (Å²) in [6.45, 7) is 6.20. The molecule has 17 heavy (non-hydrogen) atoms. The van der Waals surface area contributed by atoms with Crippen molar-refractivity contribution in [2.75, 3.05) is 0 Å². The Labute approximate surface area is 103 Å². The number of carboxylic acid groups (broad SMARTS) is 1. The largest absolute Gasteiger partial charge is 0.480 e. The molecule has 4 heteroatoms. The summed E-state index contributed by atoms with van der Waals surface area (Å²) < 4.78 is 0. The number of hydrogen-bond donors (Lipinski definition) is 2. The molecule has 1 saturated carbocycles. The van der Waals surface area contributed by atoms with Gasteiger partial charge in [-0.15, -0.1) is 0 Å². The van der Waals surface area contributed by atoms with Crippen LogP contribution in [0.4, 0.5) is 0 Å². The van der Waals surface area contributed by atoms with E-state index in [9.17, 15) is 9.59 Å². The van der Waals surface area contributed by atoms with Gasteiger partial charge in [-0.3, -0.25) is 4.79 Å². The number of amides is 1. The molecule has 0 aromatic carbocycles. The van der Waals surface area contributed by atoms with E-state index in [0.29, 0.717) is 11.8 Å². The summed E-state index contributed by atoms with van der Waals surface area (Å²) in [7, 11) is 0. The molecule has 1 atom stereocenters. The number of hydrogen-bond acceptors (Lipinski definition) is 2. The molecule has 0 saturated heterocycles. The van der Waals surface area contributed by atoms with Gasteiger partial charge >= 0.3 is 5.97 Å². The lowest BCUT2D eigenvalue weighted by atomic mass is 9.73. The fourth-order valence-corrected chi connectivity index (χ4v) is 2.29. The van der Waals surface area contributed by atoms with Crippen molar-refractivity contribution < 1.29 is 14.7 Å². The Morgan fingerprint density at radius 2 is 1.88 bits per heavy atom. The molecular formula is C13H23NO3. The fourth-order valence-electron chi connectivity index (χ4n) is 2.29. The highest BCUT2D eigenvalue weighted by atomic mass is 16.4. The van der Waals surface area contributed by atoms with Gasteiger partial charge in [0.05, 0.1) is 0 Å². The number of nitrogens with one attached hydrogen (secondary N) is 1. The molecule has 2 N–H and O–H groups in total. The first kappa shape index (κ1) is 14.0. The zero-order valence-corrected chi connectivity index (χ0v) is 11.0. The van der Waals surface area contributed by atoms with Gasteiger partial charge in [-0.05, 0) is 37.5 Å². The second-order valence-electron chi connectivity index (χ2n) is 5.75. The first-order valence-corrected chi connectivity index (χ1v) is 6.39. The van der Waals surface area contributed by atoms with Crippen LogP contribution < -0.4 is 5.32 Å². The molecule has 0 aromatic rings. The van der Waals surface area contributed by atoms with Crippen LogP contribution in [0.3, 0.4) is 0 Å². The van der Waals surface area contributed by atoms with Crippen LogP contribution in [0.1, 0.15) is 52.9 Å². The normalized spacial score (nSPS) is 21.8. The summed E-state index contributed by atoms with van der Waals surface area (Å²) in [4.78, 5) is 22.7. The third kappa shape index (κ3) is 4.02. The Morgan fingerprint density at radius 3 is 2.29 bits per heavy atom. The zero-order valence-electron chi connectivity index (χ0n) is 11.0. The maximum Gasteiger partial charge on any atom is 0.326 e. The average Bonchev–Trinajstić information content (AvgIpc) is 2.25. The summed E-state index contributed by atoms with van der Waals surface area (Å²) >= 11 is 0. The third-order valence-electron chi connectivity index (χ3n) is 3.73. The van der Waals surface area contributed by atoms with Crippen LogP contribution in [0.25, 0.3) is 0 Å². The number of carbonyl (C=O) groups is 2. The van der Waals surface area contributed by atoms with Crippen LogP contribution in [0.15, 0.2) is 0 Å². The van der Waals surface area contributed by atoms with Gasteiger partial charge in [0.2, 0.25) is 5.91 Å². The maximum absolute atomic E-state index is 11.9. The zero-order chi connectivity index (χ0) is 13.1. The number of aliphatic carboxylic acids is 1. The van der Waals surface area contributed by atoms with E-state index in [4.69, 9.17) is 5.11 Å². The lowest BCUT2D eigenvalue weighted by Gasteiger charge is -2.33. The highest BCUT2D eigenvalue weighted by molar-refractivity contribution is 5.84. The van der Waals surface area contributed by atoms with Gasteiger partial charge in [0.25, 0.3) is 0 Å². The Hall–Kier alpha value is -1.06. The smallest absolute Gasteiger partial charge is 0.326 e. The van der Waals surface area contributed by atoms with Gasteiger partial charge in [-0.2, -0.15) is 0 Å². The van der Waals surface area contributed by atoms with E-state index in [1.807, 2.05) is 0 Å². The predicted molar refractivity (Wildman–Crippen MR) is 65.6 cm³/mol. The predicted octanol–water partition coefficient (Wildman–Crippen LogP) is 2.18. The molecule has 0 bridgehead atoms. The van der Waals surface area contributed by atoms with Crippen LogP contribution in [-0.4, -0.2) is 23.0 Å². The van der Waals surface area contributed by atoms with Crippen molar-refractivity contribution in [3.63, 3.8) is 0 Å². The molecule has 1 rings (SSSR count). The Balaban J connectivity index is 2.46. The van der Waals surface area contributed by atoms with Gasteiger partial charge in [0.1, 0.15) is 6.04 Å². The summed E-state index contributed by atoms with van der Waals surface area (Å²) in [6.07, 6.45) is 4.24. The average molecular weight is 241 g/mol. The van der Waals surface area contributed by atoms with E-state index in [2.05, 4.69) is 19.2 Å². The molecule has 1 unspecified atom stereocenters. The lowest BCUT2D eigenvalue weighted by molar-refractivity contribution is -0.142. The minimum Gasteiger partial charge on any atom is -0.480 e. The topological polar surface area (TPSA) is 66.4 Å². The van der Waals surface area contributed by atoms with Crippen molar-refractivity contribution in [3.8, 4) is 0 Å². The SMILES string of the molecule is CCC(NC(=O)C1CCC(C)(C)CC1)C(=O)O. The lowest BCUT2D eigenvalue weighted by Crippen LogP contribution is -2.44. The first-order valence-electron chi connectivity index (χ1n) is 6.39. The molecule has 0 spiro atoms.